The molecule has 1 aliphatic rings. The maximum atomic E-state index is 12.8. The highest BCUT2D eigenvalue weighted by atomic mass is 16.5. The second kappa shape index (κ2) is 11.1. The lowest BCUT2D eigenvalue weighted by molar-refractivity contribution is -0.121. The number of ether oxygens (including phenoxy) is 1. The number of anilines is 1. The van der Waals surface area contributed by atoms with E-state index in [0.717, 1.165) is 16.0 Å². The summed E-state index contributed by atoms with van der Waals surface area (Å²) in [5.41, 5.74) is 3.02. The van der Waals surface area contributed by atoms with Crippen LogP contribution in [0.15, 0.2) is 102 Å². The summed E-state index contributed by atoms with van der Waals surface area (Å²) < 4.78 is 10.4. The monoisotopic (exact) mass is 508 g/mol. The van der Waals surface area contributed by atoms with Gasteiger partial charge in [0, 0.05) is 5.56 Å². The summed E-state index contributed by atoms with van der Waals surface area (Å²) >= 11 is 0. The highest BCUT2D eigenvalue weighted by molar-refractivity contribution is 6.22. The number of nitrogens with zero attached hydrogens (tertiary/aromatic N) is 1. The first kappa shape index (κ1) is 24.9. The third-order valence-electron chi connectivity index (χ3n) is 6.26. The van der Waals surface area contributed by atoms with E-state index in [1.807, 2.05) is 42.5 Å². The predicted molar refractivity (Wildman–Crippen MR) is 139 cm³/mol. The van der Waals surface area contributed by atoms with Crippen LogP contribution in [-0.4, -0.2) is 36.2 Å². The van der Waals surface area contributed by atoms with E-state index < -0.39 is 18.6 Å². The van der Waals surface area contributed by atoms with Crippen molar-refractivity contribution in [2.75, 3.05) is 11.5 Å². The van der Waals surface area contributed by atoms with Crippen LogP contribution in [0.5, 0.6) is 0 Å². The fourth-order valence-electron chi connectivity index (χ4n) is 4.22. The molecule has 2 amide bonds. The van der Waals surface area contributed by atoms with E-state index in [2.05, 4.69) is 5.32 Å². The largest absolute Gasteiger partial charge is 0.468 e. The van der Waals surface area contributed by atoms with Crippen molar-refractivity contribution in [3.63, 3.8) is 0 Å². The van der Waals surface area contributed by atoms with Crippen LogP contribution in [0, 0.1) is 0 Å². The van der Waals surface area contributed by atoms with Crippen LogP contribution < -0.4 is 10.2 Å². The summed E-state index contributed by atoms with van der Waals surface area (Å²) in [4.78, 5) is 51.4. The molecular formula is C30H24N2O6. The molecule has 1 aromatic heterocycles. The van der Waals surface area contributed by atoms with Crippen molar-refractivity contribution in [3.05, 3.63) is 114 Å². The number of esters is 1. The van der Waals surface area contributed by atoms with E-state index >= 15 is 0 Å². The van der Waals surface area contributed by atoms with Crippen molar-refractivity contribution >= 4 is 29.3 Å². The van der Waals surface area contributed by atoms with E-state index in [1.54, 1.807) is 24.3 Å². The number of ketones is 1. The number of carbonyl (C=O) groups is 4. The number of rotatable bonds is 9. The fourth-order valence-corrected chi connectivity index (χ4v) is 4.22. The third kappa shape index (κ3) is 5.45. The molecule has 1 aliphatic heterocycles. The molecule has 2 heterocycles. The zero-order valence-electron chi connectivity index (χ0n) is 20.3. The number of benzene rings is 3. The van der Waals surface area contributed by atoms with Crippen LogP contribution in [0.2, 0.25) is 0 Å². The van der Waals surface area contributed by atoms with Crippen molar-refractivity contribution in [1.29, 1.82) is 0 Å². The van der Waals surface area contributed by atoms with E-state index in [1.165, 1.54) is 30.5 Å². The molecule has 0 aliphatic carbocycles. The van der Waals surface area contributed by atoms with Gasteiger partial charge < -0.3 is 9.15 Å². The van der Waals surface area contributed by atoms with Crippen molar-refractivity contribution in [3.8, 4) is 11.1 Å². The molecule has 1 fully saturated rings. The third-order valence-corrected chi connectivity index (χ3v) is 6.26. The molecule has 0 bridgehead atoms. The lowest BCUT2D eigenvalue weighted by Gasteiger charge is -2.15. The Labute approximate surface area is 218 Å². The van der Waals surface area contributed by atoms with Gasteiger partial charge in [-0.05, 0) is 47.5 Å². The molecule has 1 saturated heterocycles. The van der Waals surface area contributed by atoms with Crippen LogP contribution in [0.4, 0.5) is 5.69 Å². The van der Waals surface area contributed by atoms with Gasteiger partial charge in [0.1, 0.15) is 5.76 Å². The van der Waals surface area contributed by atoms with Gasteiger partial charge in [-0.1, -0.05) is 54.6 Å². The van der Waals surface area contributed by atoms with Crippen LogP contribution in [0.1, 0.15) is 32.9 Å². The Morgan fingerprint density at radius 2 is 1.53 bits per heavy atom. The average molecular weight is 509 g/mol. The van der Waals surface area contributed by atoms with Crippen molar-refractivity contribution in [1.82, 2.24) is 5.32 Å². The Bertz CT molecular complexity index is 1450. The van der Waals surface area contributed by atoms with Crippen molar-refractivity contribution in [2.24, 2.45) is 0 Å². The van der Waals surface area contributed by atoms with Crippen LogP contribution in [0.25, 0.3) is 11.1 Å². The number of nitrogens with one attached hydrogen (secondary N) is 1. The molecule has 5 rings (SSSR count). The summed E-state index contributed by atoms with van der Waals surface area (Å²) in [5.74, 6) is -1.06. The number of Topliss-reactive ketones (excluding diaryl/α,β-unsaturated/α-hetero) is 1. The SMILES string of the molecule is O=C(COC(=O)c1ccc(N2C(=O)CC(NCc3ccco3)C2=O)cc1)c1ccc(-c2ccccc2)cc1. The van der Waals surface area contributed by atoms with E-state index in [4.69, 9.17) is 9.15 Å². The Balaban J connectivity index is 1.15. The van der Waals surface area contributed by atoms with Gasteiger partial charge in [-0.15, -0.1) is 0 Å². The molecule has 38 heavy (non-hydrogen) atoms. The molecule has 8 heteroatoms. The van der Waals surface area contributed by atoms with Crippen molar-refractivity contribution in [2.45, 2.75) is 19.0 Å². The standard InChI is InChI=1S/C30H24N2O6/c33-27(22-10-8-21(9-11-22)20-5-2-1-3-6-20)19-38-30(36)23-12-14-24(15-13-23)32-28(34)17-26(29(32)35)31-18-25-7-4-16-37-25/h1-16,26,31H,17-19H2. The number of carbonyl (C=O) groups excluding carboxylic acids is 4. The highest BCUT2D eigenvalue weighted by Gasteiger charge is 2.39. The predicted octanol–water partition coefficient (Wildman–Crippen LogP) is 4.41. The normalized spacial score (nSPS) is 15.1. The summed E-state index contributed by atoms with van der Waals surface area (Å²) in [6, 6.07) is 25.7. The minimum atomic E-state index is -0.678. The first-order valence-electron chi connectivity index (χ1n) is 12.1. The number of imide groups is 1. The molecule has 3 aromatic carbocycles. The molecule has 4 aromatic rings. The molecule has 0 spiro atoms. The second-order valence-electron chi connectivity index (χ2n) is 8.77. The maximum absolute atomic E-state index is 12.8. The number of furan rings is 1. The summed E-state index contributed by atoms with van der Waals surface area (Å²) in [6.45, 7) is -0.0808. The molecule has 8 nitrogen and oxygen atoms in total. The second-order valence-corrected chi connectivity index (χ2v) is 8.77. The summed E-state index contributed by atoms with van der Waals surface area (Å²) in [5, 5.41) is 3.03. The first-order valence-corrected chi connectivity index (χ1v) is 12.1. The molecule has 0 saturated carbocycles. The maximum Gasteiger partial charge on any atom is 0.338 e. The number of amides is 2. The molecule has 0 radical (unpaired) electrons. The Morgan fingerprint density at radius 1 is 0.842 bits per heavy atom. The minimum Gasteiger partial charge on any atom is -0.468 e. The van der Waals surface area contributed by atoms with Gasteiger partial charge in [-0.3, -0.25) is 19.7 Å². The Kier molecular flexibility index (Phi) is 7.24. The molecule has 190 valence electrons. The quantitative estimate of drug-likeness (QED) is 0.203. The van der Waals surface area contributed by atoms with E-state index in [0.29, 0.717) is 23.6 Å². The van der Waals surface area contributed by atoms with E-state index in [-0.39, 0.29) is 29.6 Å². The van der Waals surface area contributed by atoms with Crippen LogP contribution >= 0.6 is 0 Å². The Hall–Kier alpha value is -4.82. The molecule has 1 unspecified atom stereocenters. The topological polar surface area (TPSA) is 106 Å². The molecule has 1 N–H and O–H groups in total. The smallest absolute Gasteiger partial charge is 0.338 e. The average Bonchev–Trinajstić information content (AvgIpc) is 3.58. The zero-order valence-corrected chi connectivity index (χ0v) is 20.3. The molecule has 1 atom stereocenters. The first-order chi connectivity index (χ1) is 18.5. The van der Waals surface area contributed by atoms with Crippen LogP contribution in [-0.2, 0) is 20.9 Å². The number of hydrogen-bond donors (Lipinski definition) is 1. The van der Waals surface area contributed by atoms with Crippen LogP contribution in [0.3, 0.4) is 0 Å². The van der Waals surface area contributed by atoms with Gasteiger partial charge in [0.05, 0.1) is 36.5 Å². The van der Waals surface area contributed by atoms with Gasteiger partial charge >= 0.3 is 5.97 Å². The number of hydrogen-bond acceptors (Lipinski definition) is 7. The zero-order chi connectivity index (χ0) is 26.5. The van der Waals surface area contributed by atoms with Gasteiger partial charge in [0.25, 0.3) is 5.91 Å². The van der Waals surface area contributed by atoms with Gasteiger partial charge in [-0.2, -0.15) is 0 Å². The van der Waals surface area contributed by atoms with Gasteiger partial charge in [0.15, 0.2) is 12.4 Å². The summed E-state index contributed by atoms with van der Waals surface area (Å²) in [6.07, 6.45) is 1.56. The fraction of sp³-hybridized carbons (Fsp3) is 0.133. The van der Waals surface area contributed by atoms with Crippen molar-refractivity contribution < 1.29 is 28.3 Å². The van der Waals surface area contributed by atoms with E-state index in [9.17, 15) is 19.2 Å². The summed E-state index contributed by atoms with van der Waals surface area (Å²) in [7, 11) is 0. The lowest BCUT2D eigenvalue weighted by Crippen LogP contribution is -2.38. The highest BCUT2D eigenvalue weighted by Crippen LogP contribution is 2.24. The minimum absolute atomic E-state index is 0.0256. The molecular weight excluding hydrogens is 484 g/mol. The van der Waals surface area contributed by atoms with Gasteiger partial charge in [0.2, 0.25) is 5.91 Å². The Morgan fingerprint density at radius 3 is 2.21 bits per heavy atom. The lowest BCUT2D eigenvalue weighted by atomic mass is 10.0. The van der Waals surface area contributed by atoms with Gasteiger partial charge in [-0.25, -0.2) is 9.69 Å².